The van der Waals surface area contributed by atoms with Crippen molar-refractivity contribution in [3.05, 3.63) is 68.7 Å². The van der Waals surface area contributed by atoms with E-state index in [1.165, 1.54) is 6.92 Å². The van der Waals surface area contributed by atoms with E-state index in [-0.39, 0.29) is 11.1 Å². The minimum Gasteiger partial charge on any atom is -0.288 e. The molecule has 0 saturated heterocycles. The zero-order valence-electron chi connectivity index (χ0n) is 10.4. The summed E-state index contributed by atoms with van der Waals surface area (Å²) < 4.78 is 28.0. The average Bonchev–Trinajstić information content (AvgIpc) is 2.31. The zero-order valence-corrected chi connectivity index (χ0v) is 12.0. The molecule has 2 rings (SSSR count). The van der Waals surface area contributed by atoms with E-state index in [1.54, 1.807) is 12.1 Å². The maximum Gasteiger partial charge on any atom is 0.196 e. The molecule has 0 radical (unpaired) electrons. The summed E-state index contributed by atoms with van der Waals surface area (Å²) in [6, 6.07) is 7.05. The number of halogens is 3. The van der Waals surface area contributed by atoms with Crippen molar-refractivity contribution in [3.63, 3.8) is 0 Å². The quantitative estimate of drug-likeness (QED) is 0.739. The number of rotatable bonds is 2. The van der Waals surface area contributed by atoms with Gasteiger partial charge in [-0.05, 0) is 55.3 Å². The third-order valence-electron chi connectivity index (χ3n) is 2.80. The Kier molecular flexibility index (Phi) is 3.80. The normalized spacial score (nSPS) is 10.6. The Balaban J connectivity index is 2.53. The first-order valence-electron chi connectivity index (χ1n) is 5.66. The monoisotopic (exact) mass is 324 g/mol. The molecule has 0 aliphatic rings. The molecular formula is C15H11BrF2O. The van der Waals surface area contributed by atoms with Crippen LogP contribution in [0.5, 0.6) is 0 Å². The molecule has 98 valence electrons. The van der Waals surface area contributed by atoms with Crippen molar-refractivity contribution >= 4 is 21.7 Å². The van der Waals surface area contributed by atoms with Gasteiger partial charge in [0.25, 0.3) is 0 Å². The molecule has 0 unspecified atom stereocenters. The lowest BCUT2D eigenvalue weighted by molar-refractivity contribution is 0.103. The van der Waals surface area contributed by atoms with Gasteiger partial charge in [0, 0.05) is 10.0 Å². The summed E-state index contributed by atoms with van der Waals surface area (Å²) >= 11 is 3.28. The summed E-state index contributed by atoms with van der Waals surface area (Å²) in [6.07, 6.45) is 0. The number of aryl methyl sites for hydroxylation is 2. The molecule has 0 aromatic heterocycles. The van der Waals surface area contributed by atoms with E-state index in [0.29, 0.717) is 5.56 Å². The maximum absolute atomic E-state index is 13.8. The van der Waals surface area contributed by atoms with Crippen LogP contribution < -0.4 is 0 Å². The Morgan fingerprint density at radius 1 is 1.00 bits per heavy atom. The summed E-state index contributed by atoms with van der Waals surface area (Å²) in [4.78, 5) is 12.2. The Bertz CT molecular complexity index is 645. The van der Waals surface area contributed by atoms with Crippen LogP contribution in [0.25, 0.3) is 0 Å². The van der Waals surface area contributed by atoms with Gasteiger partial charge in [0.05, 0.1) is 5.56 Å². The van der Waals surface area contributed by atoms with Gasteiger partial charge in [0.2, 0.25) is 0 Å². The van der Waals surface area contributed by atoms with Gasteiger partial charge in [-0.1, -0.05) is 15.9 Å². The molecule has 2 aromatic carbocycles. The highest BCUT2D eigenvalue weighted by Crippen LogP contribution is 2.21. The fourth-order valence-electron chi connectivity index (χ4n) is 1.84. The van der Waals surface area contributed by atoms with Crippen LogP contribution in [0, 0.1) is 25.5 Å². The number of ketones is 1. The second-order valence-electron chi connectivity index (χ2n) is 4.43. The van der Waals surface area contributed by atoms with Gasteiger partial charge < -0.3 is 0 Å². The summed E-state index contributed by atoms with van der Waals surface area (Å²) in [5.74, 6) is -1.82. The van der Waals surface area contributed by atoms with Gasteiger partial charge >= 0.3 is 0 Å². The van der Waals surface area contributed by atoms with Crippen molar-refractivity contribution in [2.75, 3.05) is 0 Å². The Morgan fingerprint density at radius 2 is 1.68 bits per heavy atom. The molecular weight excluding hydrogens is 314 g/mol. The van der Waals surface area contributed by atoms with Crippen LogP contribution in [0.15, 0.2) is 34.8 Å². The van der Waals surface area contributed by atoms with Gasteiger partial charge in [-0.15, -0.1) is 0 Å². The summed E-state index contributed by atoms with van der Waals surface area (Å²) in [6.45, 7) is 3.28. The fraction of sp³-hybridized carbons (Fsp3) is 0.133. The number of carbonyl (C=O) groups is 1. The smallest absolute Gasteiger partial charge is 0.196 e. The summed E-state index contributed by atoms with van der Waals surface area (Å²) in [5.41, 5.74) is 1.12. The average molecular weight is 325 g/mol. The fourth-order valence-corrected chi connectivity index (χ4v) is 2.45. The standard InChI is InChI=1S/C15H11BrF2O/c1-8-3-10(6-11(16)4-8)15(19)12-7-13(17)9(2)5-14(12)18/h3-7H,1-2H3. The number of carbonyl (C=O) groups excluding carboxylic acids is 1. The molecule has 0 heterocycles. The molecule has 0 spiro atoms. The molecule has 0 aliphatic carbocycles. The minimum atomic E-state index is -0.707. The minimum absolute atomic E-state index is 0.180. The third kappa shape index (κ3) is 2.89. The Labute approximate surface area is 118 Å². The van der Waals surface area contributed by atoms with Crippen molar-refractivity contribution < 1.29 is 13.6 Å². The van der Waals surface area contributed by atoms with Crippen molar-refractivity contribution in [1.82, 2.24) is 0 Å². The topological polar surface area (TPSA) is 17.1 Å². The van der Waals surface area contributed by atoms with Crippen LogP contribution in [-0.4, -0.2) is 5.78 Å². The second kappa shape index (κ2) is 5.21. The number of hydrogen-bond acceptors (Lipinski definition) is 1. The maximum atomic E-state index is 13.8. The van der Waals surface area contributed by atoms with Gasteiger partial charge in [0.15, 0.2) is 5.78 Å². The van der Waals surface area contributed by atoms with Crippen molar-refractivity contribution in [3.8, 4) is 0 Å². The van der Waals surface area contributed by atoms with Crippen molar-refractivity contribution in [1.29, 1.82) is 0 Å². The molecule has 0 aliphatic heterocycles. The first-order valence-corrected chi connectivity index (χ1v) is 6.45. The lowest BCUT2D eigenvalue weighted by Crippen LogP contribution is -2.06. The van der Waals surface area contributed by atoms with E-state index in [0.717, 1.165) is 22.2 Å². The summed E-state index contributed by atoms with van der Waals surface area (Å²) in [5, 5.41) is 0. The van der Waals surface area contributed by atoms with E-state index in [4.69, 9.17) is 0 Å². The highest BCUT2D eigenvalue weighted by atomic mass is 79.9. The molecule has 1 nitrogen and oxygen atoms in total. The highest BCUT2D eigenvalue weighted by molar-refractivity contribution is 9.10. The molecule has 0 saturated carbocycles. The molecule has 2 aromatic rings. The molecule has 19 heavy (non-hydrogen) atoms. The predicted octanol–water partition coefficient (Wildman–Crippen LogP) is 4.58. The van der Waals surface area contributed by atoms with Crippen LogP contribution >= 0.6 is 15.9 Å². The van der Waals surface area contributed by atoms with Crippen LogP contribution in [0.3, 0.4) is 0 Å². The SMILES string of the molecule is Cc1cc(Br)cc(C(=O)c2cc(F)c(C)cc2F)c1. The largest absolute Gasteiger partial charge is 0.288 e. The molecule has 0 atom stereocenters. The first-order chi connectivity index (χ1) is 8.88. The van der Waals surface area contributed by atoms with Gasteiger partial charge in [-0.2, -0.15) is 0 Å². The van der Waals surface area contributed by atoms with Crippen LogP contribution in [-0.2, 0) is 0 Å². The van der Waals surface area contributed by atoms with E-state index in [2.05, 4.69) is 15.9 Å². The van der Waals surface area contributed by atoms with Crippen molar-refractivity contribution in [2.45, 2.75) is 13.8 Å². The molecule has 0 N–H and O–H groups in total. The number of hydrogen-bond donors (Lipinski definition) is 0. The lowest BCUT2D eigenvalue weighted by atomic mass is 10.00. The molecule has 0 fully saturated rings. The Hall–Kier alpha value is -1.55. The summed E-state index contributed by atoms with van der Waals surface area (Å²) in [7, 11) is 0. The first kappa shape index (κ1) is 13.9. The van der Waals surface area contributed by atoms with E-state index in [9.17, 15) is 13.6 Å². The van der Waals surface area contributed by atoms with Crippen LogP contribution in [0.1, 0.15) is 27.0 Å². The lowest BCUT2D eigenvalue weighted by Gasteiger charge is -2.06. The van der Waals surface area contributed by atoms with Gasteiger partial charge in [0.1, 0.15) is 11.6 Å². The number of benzene rings is 2. The Morgan fingerprint density at radius 3 is 2.32 bits per heavy atom. The van der Waals surface area contributed by atoms with Crippen LogP contribution in [0.2, 0.25) is 0 Å². The molecule has 0 amide bonds. The van der Waals surface area contributed by atoms with Crippen molar-refractivity contribution in [2.24, 2.45) is 0 Å². The third-order valence-corrected chi connectivity index (χ3v) is 3.26. The van der Waals surface area contributed by atoms with E-state index >= 15 is 0 Å². The predicted molar refractivity (Wildman–Crippen MR) is 73.4 cm³/mol. The molecule has 0 bridgehead atoms. The van der Waals surface area contributed by atoms with Gasteiger partial charge in [-0.25, -0.2) is 8.78 Å². The molecule has 4 heteroatoms. The van der Waals surface area contributed by atoms with E-state index < -0.39 is 17.4 Å². The van der Waals surface area contributed by atoms with Gasteiger partial charge in [-0.3, -0.25) is 4.79 Å². The van der Waals surface area contributed by atoms with Crippen LogP contribution in [0.4, 0.5) is 8.78 Å². The zero-order chi connectivity index (χ0) is 14.2. The second-order valence-corrected chi connectivity index (χ2v) is 5.34. The van der Waals surface area contributed by atoms with E-state index in [1.807, 2.05) is 13.0 Å². The highest BCUT2D eigenvalue weighted by Gasteiger charge is 2.17.